The van der Waals surface area contributed by atoms with Gasteiger partial charge in [0.25, 0.3) is 0 Å². The number of benzene rings is 2. The predicted octanol–water partition coefficient (Wildman–Crippen LogP) is -0.122. The van der Waals surface area contributed by atoms with Gasteiger partial charge in [0, 0.05) is 11.1 Å². The number of carbonyl (C=O) groups excluding carboxylic acids is 2. The van der Waals surface area contributed by atoms with Crippen molar-refractivity contribution < 1.29 is 97.9 Å². The van der Waals surface area contributed by atoms with Crippen LogP contribution in [0.25, 0.3) is 0 Å². The molecule has 2 aromatic carbocycles. The molecule has 0 saturated heterocycles. The largest absolute Gasteiger partial charge is 1.00 e. The van der Waals surface area contributed by atoms with Crippen LogP contribution in [0.15, 0.2) is 30.3 Å². The zero-order valence-corrected chi connectivity index (χ0v) is 31.0. The van der Waals surface area contributed by atoms with Crippen LogP contribution in [0.1, 0.15) is 124 Å². The maximum atomic E-state index is 11.4. The van der Waals surface area contributed by atoms with Crippen LogP contribution in [-0.2, 0) is 6.61 Å². The van der Waals surface area contributed by atoms with Crippen molar-refractivity contribution in [1.82, 2.24) is 0 Å². The van der Waals surface area contributed by atoms with Crippen LogP contribution in [0.5, 0.6) is 23.0 Å². The quantitative estimate of drug-likeness (QED) is 0.125. The first kappa shape index (κ1) is 41.6. The van der Waals surface area contributed by atoms with E-state index >= 15 is 0 Å². The summed E-state index contributed by atoms with van der Waals surface area (Å²) >= 11 is 0. The van der Waals surface area contributed by atoms with Gasteiger partial charge in [-0.05, 0) is 55.2 Å². The van der Waals surface area contributed by atoms with E-state index in [0.29, 0.717) is 42.6 Å². The Hall–Kier alpha value is -1.42. The molecule has 0 aliphatic rings. The topological polar surface area (TPSA) is 117 Å². The fourth-order valence-corrected chi connectivity index (χ4v) is 4.28. The van der Waals surface area contributed by atoms with Gasteiger partial charge in [-0.3, -0.25) is 0 Å². The molecular weight excluding hydrogens is 570 g/mol. The van der Waals surface area contributed by atoms with Gasteiger partial charge in [-0.25, -0.2) is 0 Å². The number of unbranched alkanes of at least 4 members (excludes halogenated alkanes) is 9. The molecule has 8 nitrogen and oxygen atoms in total. The minimum Gasteiger partial charge on any atom is -0.545 e. The van der Waals surface area contributed by atoms with Crippen molar-refractivity contribution in [2.45, 2.75) is 104 Å². The zero-order valence-electron chi connectivity index (χ0n) is 27.0. The van der Waals surface area contributed by atoms with Gasteiger partial charge in [0.1, 0.15) is 12.4 Å². The molecule has 43 heavy (non-hydrogen) atoms. The summed E-state index contributed by atoms with van der Waals surface area (Å²) in [5.41, 5.74) is 0.103. The molecule has 0 spiro atoms. The Morgan fingerprint density at radius 3 is 1.37 bits per heavy atom. The number of aromatic carboxylic acids is 2. The van der Waals surface area contributed by atoms with Gasteiger partial charge in [-0.1, -0.05) is 78.6 Å². The van der Waals surface area contributed by atoms with E-state index in [4.69, 9.17) is 18.9 Å². The third-order valence-electron chi connectivity index (χ3n) is 6.62. The number of carboxylic acid groups (broad SMARTS) is 2. The maximum Gasteiger partial charge on any atom is 1.00 e. The molecule has 10 heteroatoms. The fraction of sp³-hybridized carbons (Fsp3) is 0.576. The van der Waals surface area contributed by atoms with Crippen molar-refractivity contribution in [2.24, 2.45) is 0 Å². The Labute approximate surface area is 301 Å². The van der Waals surface area contributed by atoms with Crippen LogP contribution in [0.4, 0.5) is 0 Å². The van der Waals surface area contributed by atoms with Crippen molar-refractivity contribution in [3.63, 3.8) is 0 Å². The monoisotopic (exact) mass is 616 g/mol. The molecule has 0 aliphatic heterocycles. The first-order valence-electron chi connectivity index (χ1n) is 15.1. The maximum absolute atomic E-state index is 11.4. The fourth-order valence-electron chi connectivity index (χ4n) is 4.28. The van der Waals surface area contributed by atoms with Crippen molar-refractivity contribution in [1.29, 1.82) is 0 Å². The Kier molecular flexibility index (Phi) is 24.0. The first-order chi connectivity index (χ1) is 19.9. The number of hydrogen-bond acceptors (Lipinski definition) is 8. The standard InChI is InChI=1S/C33H48O8.2Na/c1-4-7-10-13-16-38-29-19-25(24-41-28-22-26(32(34)35)21-27(23-28)33(36)37)20-30(39-17-14-11-8-5-2)31(29)40-18-15-12-9-6-3;;/h19-23H,4-18,24H2,1-3H3,(H,34,35)(H,36,37);;/q;2*+1/p-2. The van der Waals surface area contributed by atoms with Crippen LogP contribution in [0.3, 0.4) is 0 Å². The average molecular weight is 617 g/mol. The van der Waals surface area contributed by atoms with Gasteiger partial charge in [0.2, 0.25) is 5.75 Å². The summed E-state index contributed by atoms with van der Waals surface area (Å²) in [6.45, 7) is 8.15. The molecule has 0 N–H and O–H groups in total. The van der Waals surface area contributed by atoms with E-state index in [1.165, 1.54) is 12.1 Å². The number of carbonyl (C=O) groups is 2. The molecule has 2 rings (SSSR count). The Morgan fingerprint density at radius 2 is 0.977 bits per heavy atom. The second-order valence-electron chi connectivity index (χ2n) is 10.3. The first-order valence-corrected chi connectivity index (χ1v) is 15.1. The Bertz CT molecular complexity index is 1010. The summed E-state index contributed by atoms with van der Waals surface area (Å²) < 4.78 is 24.5. The number of hydrogen-bond donors (Lipinski definition) is 0. The number of ether oxygens (including phenoxy) is 4. The van der Waals surface area contributed by atoms with Crippen LogP contribution < -0.4 is 88.3 Å². The smallest absolute Gasteiger partial charge is 0.545 e. The minimum absolute atomic E-state index is 0. The molecule has 0 bridgehead atoms. The van der Waals surface area contributed by atoms with Crippen LogP contribution in [0, 0.1) is 0 Å². The van der Waals surface area contributed by atoms with Crippen LogP contribution in [-0.4, -0.2) is 31.8 Å². The molecule has 0 amide bonds. The molecule has 0 unspecified atom stereocenters. The van der Waals surface area contributed by atoms with E-state index in [1.54, 1.807) is 0 Å². The molecule has 0 fully saturated rings. The average Bonchev–Trinajstić information content (AvgIpc) is 2.96. The molecule has 0 heterocycles. The van der Waals surface area contributed by atoms with Gasteiger partial charge < -0.3 is 38.7 Å². The third kappa shape index (κ3) is 16.5. The summed E-state index contributed by atoms with van der Waals surface area (Å²) in [7, 11) is 0. The van der Waals surface area contributed by atoms with E-state index in [1.807, 2.05) is 12.1 Å². The molecule has 0 saturated carbocycles. The van der Waals surface area contributed by atoms with E-state index < -0.39 is 11.9 Å². The summed E-state index contributed by atoms with van der Waals surface area (Å²) in [5.74, 6) is -1.21. The summed E-state index contributed by atoms with van der Waals surface area (Å²) in [4.78, 5) is 22.8. The van der Waals surface area contributed by atoms with Gasteiger partial charge in [0.05, 0.1) is 31.8 Å². The van der Waals surface area contributed by atoms with Crippen LogP contribution in [0.2, 0.25) is 0 Å². The normalized spacial score (nSPS) is 10.3. The Balaban J connectivity index is 0.00000882. The van der Waals surface area contributed by atoms with E-state index in [0.717, 1.165) is 83.1 Å². The molecule has 0 aliphatic carbocycles. The molecule has 0 aromatic heterocycles. The van der Waals surface area contributed by atoms with E-state index in [2.05, 4.69) is 20.8 Å². The third-order valence-corrected chi connectivity index (χ3v) is 6.62. The van der Waals surface area contributed by atoms with E-state index in [-0.39, 0.29) is 82.6 Å². The van der Waals surface area contributed by atoms with Gasteiger partial charge >= 0.3 is 59.1 Å². The molecule has 228 valence electrons. The molecule has 0 atom stereocenters. The van der Waals surface area contributed by atoms with E-state index in [9.17, 15) is 19.8 Å². The predicted molar refractivity (Wildman–Crippen MR) is 155 cm³/mol. The molecular formula is C33H46Na2O8. The number of rotatable bonds is 23. The van der Waals surface area contributed by atoms with Crippen molar-refractivity contribution in [3.8, 4) is 23.0 Å². The zero-order chi connectivity index (χ0) is 29.9. The van der Waals surface area contributed by atoms with Crippen molar-refractivity contribution in [2.75, 3.05) is 19.8 Å². The summed E-state index contributed by atoms with van der Waals surface area (Å²) in [6.07, 6.45) is 12.8. The summed E-state index contributed by atoms with van der Waals surface area (Å²) in [6, 6.07) is 7.12. The van der Waals surface area contributed by atoms with Gasteiger partial charge in [-0.15, -0.1) is 0 Å². The Morgan fingerprint density at radius 1 is 0.558 bits per heavy atom. The summed E-state index contributed by atoms with van der Waals surface area (Å²) in [5, 5.41) is 22.8. The number of carboxylic acids is 2. The van der Waals surface area contributed by atoms with Crippen molar-refractivity contribution in [3.05, 3.63) is 47.0 Å². The second-order valence-corrected chi connectivity index (χ2v) is 10.3. The molecule has 2 aromatic rings. The van der Waals surface area contributed by atoms with Crippen LogP contribution >= 0.6 is 0 Å². The molecule has 0 radical (unpaired) electrons. The van der Waals surface area contributed by atoms with Gasteiger partial charge in [0.15, 0.2) is 11.5 Å². The van der Waals surface area contributed by atoms with Crippen molar-refractivity contribution >= 4 is 11.9 Å². The SMILES string of the molecule is CCCCCCOc1cc(COc2cc(C(=O)[O-])cc(C(=O)[O-])c2)cc(OCCCCCC)c1OCCCCCC.[Na+].[Na+]. The minimum atomic E-state index is -1.50. The second kappa shape index (κ2) is 24.8. The van der Waals surface area contributed by atoms with Gasteiger partial charge in [-0.2, -0.15) is 0 Å².